The lowest BCUT2D eigenvalue weighted by atomic mass is 9.83. The van der Waals surface area contributed by atoms with Gasteiger partial charge in [-0.05, 0) is 46.2 Å². The number of ether oxygens (including phenoxy) is 7. The topological polar surface area (TPSA) is 144 Å². The van der Waals surface area contributed by atoms with Crippen molar-refractivity contribution in [2.45, 2.75) is 173 Å². The Morgan fingerprint density at radius 3 is 1.02 bits per heavy atom. The zero-order valence-corrected chi connectivity index (χ0v) is 48.2. The Morgan fingerprint density at radius 1 is 0.370 bits per heavy atom. The summed E-state index contributed by atoms with van der Waals surface area (Å²) in [4.78, 5) is 26.8. The maximum Gasteiger partial charge on any atom is 0.475 e. The van der Waals surface area contributed by atoms with E-state index in [2.05, 4.69) is 13.8 Å². The monoisotopic (exact) mass is 1130 g/mol. The van der Waals surface area contributed by atoms with Crippen LogP contribution in [0, 0.1) is 0 Å². The summed E-state index contributed by atoms with van der Waals surface area (Å²) in [7, 11) is -4.86. The molecule has 0 heterocycles. The Labute approximate surface area is 480 Å². The molecule has 1 aliphatic carbocycles. The number of carbonyl (C=O) groups is 2. The fraction of sp³-hybridized carbons (Fsp3) is 0.433. The molecule has 13 nitrogen and oxygen atoms in total. The first-order chi connectivity index (χ1) is 39.8. The van der Waals surface area contributed by atoms with E-state index in [1.807, 2.05) is 182 Å². The molecular weight excluding hydrogens is 1040 g/mol. The number of phosphoric ester groups is 1. The third-order valence-electron chi connectivity index (χ3n) is 14.0. The van der Waals surface area contributed by atoms with E-state index in [0.29, 0.717) is 18.4 Å². The van der Waals surface area contributed by atoms with Crippen molar-refractivity contribution in [2.75, 3.05) is 13.2 Å². The highest BCUT2D eigenvalue weighted by Gasteiger charge is 2.57. The van der Waals surface area contributed by atoms with Crippen LogP contribution in [0.4, 0.5) is 0 Å². The summed E-state index contributed by atoms with van der Waals surface area (Å²) >= 11 is 0. The molecule has 0 amide bonds. The molecule has 6 aromatic rings. The number of carbonyl (C=O) groups excluding carboxylic acids is 2. The van der Waals surface area contributed by atoms with Crippen LogP contribution in [0.25, 0.3) is 0 Å². The molecular formula is C67H83O13P. The van der Waals surface area contributed by atoms with Crippen molar-refractivity contribution in [1.29, 1.82) is 0 Å². The van der Waals surface area contributed by atoms with Gasteiger partial charge in [-0.2, -0.15) is 0 Å². The van der Waals surface area contributed by atoms with Gasteiger partial charge in [-0.1, -0.05) is 247 Å². The second-order valence-electron chi connectivity index (χ2n) is 20.5. The molecule has 0 spiro atoms. The van der Waals surface area contributed by atoms with E-state index in [9.17, 15) is 9.59 Å². The van der Waals surface area contributed by atoms with Crippen LogP contribution in [0.2, 0.25) is 0 Å². The lowest BCUT2D eigenvalue weighted by Crippen LogP contribution is -2.67. The van der Waals surface area contributed by atoms with E-state index in [0.717, 1.165) is 79.2 Å². The summed E-state index contributed by atoms with van der Waals surface area (Å²) in [6, 6.07) is 58.1. The van der Waals surface area contributed by atoms with Crippen molar-refractivity contribution in [3.8, 4) is 0 Å². The normalized spacial score (nSPS) is 19.1. The summed E-state index contributed by atoms with van der Waals surface area (Å²) in [6.45, 7) is 3.84. The molecule has 1 aliphatic rings. The van der Waals surface area contributed by atoms with Gasteiger partial charge in [-0.25, -0.2) is 4.57 Å². The van der Waals surface area contributed by atoms with Gasteiger partial charge in [0.05, 0.1) is 46.2 Å². The molecule has 6 aromatic carbocycles. The third-order valence-corrected chi connectivity index (χ3v) is 15.4. The van der Waals surface area contributed by atoms with Gasteiger partial charge in [0.25, 0.3) is 0 Å². The van der Waals surface area contributed by atoms with E-state index < -0.39 is 69.1 Å². The number of hydrogen-bond donors (Lipinski definition) is 0. The Bertz CT molecular complexity index is 2570. The minimum atomic E-state index is -4.86. The molecule has 81 heavy (non-hydrogen) atoms. The van der Waals surface area contributed by atoms with Crippen molar-refractivity contribution in [3.63, 3.8) is 0 Å². The van der Waals surface area contributed by atoms with Gasteiger partial charge in [-0.3, -0.25) is 23.2 Å². The number of rotatable bonds is 38. The molecule has 0 saturated heterocycles. The molecule has 0 radical (unpaired) electrons. The zero-order chi connectivity index (χ0) is 56.6. The first-order valence-electron chi connectivity index (χ1n) is 29.0. The van der Waals surface area contributed by atoms with Crippen molar-refractivity contribution in [1.82, 2.24) is 0 Å². The van der Waals surface area contributed by atoms with Crippen LogP contribution in [0.5, 0.6) is 0 Å². The minimum absolute atomic E-state index is 0.0827. The molecule has 3 unspecified atom stereocenters. The van der Waals surface area contributed by atoms with E-state index in [4.69, 9.17) is 46.7 Å². The van der Waals surface area contributed by atoms with E-state index >= 15 is 4.57 Å². The number of esters is 2. The average molecular weight is 1130 g/mol. The van der Waals surface area contributed by atoms with Crippen LogP contribution in [-0.2, 0) is 101 Å². The lowest BCUT2D eigenvalue weighted by molar-refractivity contribution is -0.280. The number of hydrogen-bond acceptors (Lipinski definition) is 13. The van der Waals surface area contributed by atoms with E-state index in [1.54, 1.807) is 0 Å². The molecule has 8 atom stereocenters. The fourth-order valence-electron chi connectivity index (χ4n) is 9.54. The van der Waals surface area contributed by atoms with Gasteiger partial charge >= 0.3 is 19.8 Å². The smallest absolute Gasteiger partial charge is 0.462 e. The number of phosphoric acid groups is 1. The quantitative estimate of drug-likeness (QED) is 0.0206. The first-order valence-corrected chi connectivity index (χ1v) is 30.5. The molecule has 7 rings (SSSR count). The van der Waals surface area contributed by atoms with Crippen molar-refractivity contribution >= 4 is 19.8 Å². The van der Waals surface area contributed by atoms with Crippen LogP contribution in [-0.4, -0.2) is 67.9 Å². The SMILES string of the molecule is CCCCCCCC(=O)OC[C@H](COP(=O)(OCc1ccccc1)OC1[C@H](OCc2ccccc2)[C@H](OCc2ccccc2)C(OCc2ccccc2)[C@H](OCc2ccccc2)[C@H]1OCc1ccccc1)OC(=O)CCCCCCC. The Balaban J connectivity index is 1.30. The maximum atomic E-state index is 16.1. The van der Waals surface area contributed by atoms with Crippen molar-refractivity contribution in [3.05, 3.63) is 215 Å². The molecule has 14 heteroatoms. The number of benzene rings is 6. The first kappa shape index (κ1) is 62.8. The summed E-state index contributed by atoms with van der Waals surface area (Å²) in [5, 5.41) is 0. The highest BCUT2D eigenvalue weighted by molar-refractivity contribution is 7.48. The lowest BCUT2D eigenvalue weighted by Gasteiger charge is -2.50. The minimum Gasteiger partial charge on any atom is -0.462 e. The number of unbranched alkanes of at least 4 members (excludes halogenated alkanes) is 8. The highest BCUT2D eigenvalue weighted by Crippen LogP contribution is 2.54. The van der Waals surface area contributed by atoms with Crippen LogP contribution in [0.3, 0.4) is 0 Å². The van der Waals surface area contributed by atoms with Crippen molar-refractivity contribution < 1.29 is 60.9 Å². The zero-order valence-electron chi connectivity index (χ0n) is 47.3. The Hall–Kier alpha value is -5.83. The fourth-order valence-corrected chi connectivity index (χ4v) is 10.9. The van der Waals surface area contributed by atoms with Crippen LogP contribution in [0.15, 0.2) is 182 Å². The van der Waals surface area contributed by atoms with E-state index in [-0.39, 0.29) is 59.1 Å². The van der Waals surface area contributed by atoms with Crippen LogP contribution in [0.1, 0.15) is 124 Å². The largest absolute Gasteiger partial charge is 0.475 e. The second kappa shape index (κ2) is 35.9. The molecule has 1 saturated carbocycles. The predicted octanol–water partition coefficient (Wildman–Crippen LogP) is 14.8. The molecule has 1 fully saturated rings. The standard InChI is InChI=1S/C67H83O13P/c1-3-5-7-9-29-43-60(68)71-51-59(79-61(69)44-30-10-8-6-4-2)52-78-81(70,77-50-58-41-27-16-28-42-58)80-67-65(75-48-56-37-23-14-24-38-56)63(73-46-54-33-19-12-20-34-54)62(72-45-53-31-17-11-18-32-53)64(74-47-55-35-21-13-22-36-55)66(67)76-49-57-39-25-15-26-40-57/h11-28,31-42,59,62-67H,3-10,29-30,43-52H2,1-2H3/t59-,62?,63-,64+,65-,66-,67?,81?/m1/s1. The van der Waals surface area contributed by atoms with Gasteiger partial charge in [0.15, 0.2) is 6.10 Å². The summed E-state index contributed by atoms with van der Waals surface area (Å²) < 4.78 is 83.3. The van der Waals surface area contributed by atoms with E-state index in [1.165, 1.54) is 0 Å². The van der Waals surface area contributed by atoms with Crippen molar-refractivity contribution in [2.24, 2.45) is 0 Å². The molecule has 0 aromatic heterocycles. The Kier molecular flexibility index (Phi) is 27.8. The predicted molar refractivity (Wildman–Crippen MR) is 312 cm³/mol. The molecule has 0 aliphatic heterocycles. The summed E-state index contributed by atoms with van der Waals surface area (Å²) in [5.41, 5.74) is 5.09. The van der Waals surface area contributed by atoms with Gasteiger partial charge in [0, 0.05) is 12.8 Å². The van der Waals surface area contributed by atoms with Gasteiger partial charge in [-0.15, -0.1) is 0 Å². The van der Waals surface area contributed by atoms with Gasteiger partial charge in [0.2, 0.25) is 0 Å². The highest BCUT2D eigenvalue weighted by atomic mass is 31.2. The van der Waals surface area contributed by atoms with Crippen LogP contribution >= 0.6 is 7.82 Å². The molecule has 0 bridgehead atoms. The average Bonchev–Trinajstić information content (AvgIpc) is 3.68. The molecule has 0 N–H and O–H groups in total. The van der Waals surface area contributed by atoms with Gasteiger partial charge in [0.1, 0.15) is 43.2 Å². The molecule has 434 valence electrons. The van der Waals surface area contributed by atoms with Crippen LogP contribution < -0.4 is 0 Å². The summed E-state index contributed by atoms with van der Waals surface area (Å²) in [5.74, 6) is -0.927. The summed E-state index contributed by atoms with van der Waals surface area (Å²) in [6.07, 6.45) is 2.16. The Morgan fingerprint density at radius 2 is 0.679 bits per heavy atom. The van der Waals surface area contributed by atoms with Gasteiger partial charge < -0.3 is 33.2 Å². The maximum absolute atomic E-state index is 16.1. The third kappa shape index (κ3) is 22.5. The second-order valence-corrected chi connectivity index (χ2v) is 22.1.